The molecule has 0 heterocycles. The lowest BCUT2D eigenvalue weighted by molar-refractivity contribution is 0.261. The van der Waals surface area contributed by atoms with Crippen LogP contribution < -0.4 is 4.74 Å². The lowest BCUT2D eigenvalue weighted by Gasteiger charge is -2.18. The number of hydrogen-bond donors (Lipinski definition) is 1. The van der Waals surface area contributed by atoms with Crippen LogP contribution in [0.4, 0.5) is 0 Å². The molecule has 3 rings (SSSR count). The summed E-state index contributed by atoms with van der Waals surface area (Å²) in [7, 11) is 4.09. The normalized spacial score (nSPS) is 12.0. The summed E-state index contributed by atoms with van der Waals surface area (Å²) >= 11 is 0. The van der Waals surface area contributed by atoms with E-state index in [4.69, 9.17) is 4.74 Å². The minimum absolute atomic E-state index is 0.178. The van der Waals surface area contributed by atoms with Gasteiger partial charge in [-0.25, -0.2) is 0 Å². The van der Waals surface area contributed by atoms with Crippen molar-refractivity contribution in [2.75, 3.05) is 33.9 Å². The molecular weight excluding hydrogens is 370 g/mol. The Morgan fingerprint density at radius 3 is 1.90 bits per heavy atom. The van der Waals surface area contributed by atoms with E-state index in [0.29, 0.717) is 6.61 Å². The van der Waals surface area contributed by atoms with Gasteiger partial charge in [-0.2, -0.15) is 0 Å². The number of rotatable bonds is 10. The molecule has 0 aliphatic heterocycles. The standard InChI is InChI=1S/C27H31NO2/c1-28(2)19-21-30-25-17-15-24(16-18-25)27(23-12-7-4-8-13-23)26(14-9-20-29)22-10-5-3-6-11-22/h3-8,10-13,15-18,29H,9,14,19-21H2,1-2H3. The molecule has 0 saturated heterocycles. The van der Waals surface area contributed by atoms with Crippen LogP contribution in [0.2, 0.25) is 0 Å². The Labute approximate surface area is 180 Å². The molecule has 0 spiro atoms. The van der Waals surface area contributed by atoms with E-state index in [9.17, 15) is 5.11 Å². The van der Waals surface area contributed by atoms with Crippen molar-refractivity contribution >= 4 is 11.1 Å². The first-order valence-electron chi connectivity index (χ1n) is 10.5. The minimum atomic E-state index is 0.178. The average Bonchev–Trinajstić information content (AvgIpc) is 2.78. The van der Waals surface area contributed by atoms with E-state index in [-0.39, 0.29) is 6.61 Å². The molecule has 0 fully saturated rings. The summed E-state index contributed by atoms with van der Waals surface area (Å²) in [6.07, 6.45) is 1.54. The molecule has 0 unspecified atom stereocenters. The van der Waals surface area contributed by atoms with Gasteiger partial charge in [0.1, 0.15) is 12.4 Å². The Kier molecular flexibility index (Phi) is 8.25. The van der Waals surface area contributed by atoms with Crippen LogP contribution in [0.1, 0.15) is 29.5 Å². The Morgan fingerprint density at radius 2 is 1.33 bits per heavy atom. The highest BCUT2D eigenvalue weighted by atomic mass is 16.5. The van der Waals surface area contributed by atoms with Crippen LogP contribution in [-0.4, -0.2) is 43.9 Å². The Bertz CT molecular complexity index is 916. The number of benzene rings is 3. The van der Waals surface area contributed by atoms with E-state index in [2.05, 4.69) is 65.6 Å². The van der Waals surface area contributed by atoms with Gasteiger partial charge in [0.05, 0.1) is 0 Å². The minimum Gasteiger partial charge on any atom is -0.492 e. The van der Waals surface area contributed by atoms with E-state index < -0.39 is 0 Å². The highest BCUT2D eigenvalue weighted by Gasteiger charge is 2.14. The fraction of sp³-hybridized carbons (Fsp3) is 0.259. The molecule has 30 heavy (non-hydrogen) atoms. The van der Waals surface area contributed by atoms with Gasteiger partial charge in [0.2, 0.25) is 0 Å². The van der Waals surface area contributed by atoms with E-state index in [1.165, 1.54) is 22.3 Å². The quantitative estimate of drug-likeness (QED) is 0.464. The monoisotopic (exact) mass is 401 g/mol. The van der Waals surface area contributed by atoms with Crippen LogP contribution in [0.15, 0.2) is 84.9 Å². The van der Waals surface area contributed by atoms with Crippen molar-refractivity contribution in [1.82, 2.24) is 4.90 Å². The first-order valence-corrected chi connectivity index (χ1v) is 10.5. The van der Waals surface area contributed by atoms with Gasteiger partial charge in [-0.15, -0.1) is 0 Å². The summed E-state index contributed by atoms with van der Waals surface area (Å²) in [5, 5.41) is 9.50. The molecule has 1 N–H and O–H groups in total. The first kappa shape index (κ1) is 21.8. The van der Waals surface area contributed by atoms with Gasteiger partial charge in [0.25, 0.3) is 0 Å². The van der Waals surface area contributed by atoms with Gasteiger partial charge in [-0.3, -0.25) is 0 Å². The van der Waals surface area contributed by atoms with Gasteiger partial charge in [-0.1, -0.05) is 72.8 Å². The van der Waals surface area contributed by atoms with Gasteiger partial charge in [0.15, 0.2) is 0 Å². The molecule has 3 nitrogen and oxygen atoms in total. The van der Waals surface area contributed by atoms with Crippen LogP contribution >= 0.6 is 0 Å². The Morgan fingerprint density at radius 1 is 0.767 bits per heavy atom. The lowest BCUT2D eigenvalue weighted by atomic mass is 9.87. The van der Waals surface area contributed by atoms with E-state index in [0.717, 1.165) is 30.7 Å². The zero-order chi connectivity index (χ0) is 21.2. The summed E-state index contributed by atoms with van der Waals surface area (Å²) in [4.78, 5) is 2.11. The molecule has 0 radical (unpaired) electrons. The average molecular weight is 402 g/mol. The van der Waals surface area contributed by atoms with Gasteiger partial charge in [0, 0.05) is 13.2 Å². The highest BCUT2D eigenvalue weighted by molar-refractivity contribution is 5.98. The molecule has 3 aromatic carbocycles. The Balaban J connectivity index is 2.03. The molecule has 0 aliphatic rings. The largest absolute Gasteiger partial charge is 0.492 e. The second kappa shape index (κ2) is 11.3. The second-order valence-corrected chi connectivity index (χ2v) is 7.59. The number of allylic oxidation sites excluding steroid dienone is 1. The second-order valence-electron chi connectivity index (χ2n) is 7.59. The van der Waals surface area contributed by atoms with Crippen molar-refractivity contribution in [2.45, 2.75) is 12.8 Å². The summed E-state index contributed by atoms with van der Waals surface area (Å²) < 4.78 is 5.88. The molecule has 156 valence electrons. The summed E-state index contributed by atoms with van der Waals surface area (Å²) in [5.41, 5.74) is 5.97. The molecule has 3 heteroatoms. The number of nitrogens with zero attached hydrogens (tertiary/aromatic N) is 1. The van der Waals surface area contributed by atoms with Crippen LogP contribution in [0, 0.1) is 0 Å². The number of likely N-dealkylation sites (N-methyl/N-ethyl adjacent to an activating group) is 1. The van der Waals surface area contributed by atoms with Crippen LogP contribution in [-0.2, 0) is 0 Å². The number of aliphatic hydroxyl groups excluding tert-OH is 1. The van der Waals surface area contributed by atoms with Crippen molar-refractivity contribution in [1.29, 1.82) is 0 Å². The molecule has 3 aromatic rings. The van der Waals surface area contributed by atoms with Gasteiger partial charge >= 0.3 is 0 Å². The van der Waals surface area contributed by atoms with Crippen molar-refractivity contribution in [3.05, 3.63) is 102 Å². The molecular formula is C27H31NO2. The van der Waals surface area contributed by atoms with Crippen LogP contribution in [0.5, 0.6) is 5.75 Å². The third-order valence-electron chi connectivity index (χ3n) is 5.02. The maximum absolute atomic E-state index is 9.50. The predicted octanol–water partition coefficient (Wildman–Crippen LogP) is 5.36. The van der Waals surface area contributed by atoms with E-state index in [1.54, 1.807) is 0 Å². The predicted molar refractivity (Wildman–Crippen MR) is 126 cm³/mol. The van der Waals surface area contributed by atoms with E-state index >= 15 is 0 Å². The fourth-order valence-corrected chi connectivity index (χ4v) is 3.49. The highest BCUT2D eigenvalue weighted by Crippen LogP contribution is 2.35. The van der Waals surface area contributed by atoms with Crippen molar-refractivity contribution in [3.63, 3.8) is 0 Å². The maximum Gasteiger partial charge on any atom is 0.119 e. The van der Waals surface area contributed by atoms with E-state index in [1.807, 2.05) is 38.4 Å². The molecule has 0 atom stereocenters. The topological polar surface area (TPSA) is 32.7 Å². The summed E-state index contributed by atoms with van der Waals surface area (Å²) in [6, 6.07) is 29.3. The summed E-state index contributed by atoms with van der Waals surface area (Å²) in [6.45, 7) is 1.73. The first-order chi connectivity index (χ1) is 14.7. The molecule has 0 saturated carbocycles. The van der Waals surface area contributed by atoms with Crippen LogP contribution in [0.25, 0.3) is 11.1 Å². The molecule has 0 amide bonds. The molecule has 0 bridgehead atoms. The van der Waals surface area contributed by atoms with Gasteiger partial charge in [-0.05, 0) is 66.9 Å². The smallest absolute Gasteiger partial charge is 0.119 e. The van der Waals surface area contributed by atoms with Crippen molar-refractivity contribution in [3.8, 4) is 5.75 Å². The third-order valence-corrected chi connectivity index (χ3v) is 5.02. The van der Waals surface area contributed by atoms with Crippen LogP contribution in [0.3, 0.4) is 0 Å². The molecule has 0 aromatic heterocycles. The van der Waals surface area contributed by atoms with Crippen molar-refractivity contribution in [2.24, 2.45) is 0 Å². The third kappa shape index (κ3) is 6.06. The number of ether oxygens (including phenoxy) is 1. The van der Waals surface area contributed by atoms with Crippen molar-refractivity contribution < 1.29 is 9.84 Å². The van der Waals surface area contributed by atoms with Gasteiger partial charge < -0.3 is 14.7 Å². The zero-order valence-corrected chi connectivity index (χ0v) is 17.9. The maximum atomic E-state index is 9.50. The number of hydrogen-bond acceptors (Lipinski definition) is 3. The lowest BCUT2D eigenvalue weighted by Crippen LogP contribution is -2.19. The number of aliphatic hydroxyl groups is 1. The molecule has 0 aliphatic carbocycles. The Hall–Kier alpha value is -2.88. The SMILES string of the molecule is CN(C)CCOc1ccc(C(=C(CCCO)c2ccccc2)c2ccccc2)cc1. The zero-order valence-electron chi connectivity index (χ0n) is 17.9. The fourth-order valence-electron chi connectivity index (χ4n) is 3.49. The summed E-state index contributed by atoms with van der Waals surface area (Å²) in [5.74, 6) is 0.879.